The molecule has 5 heteroatoms. The molecule has 1 saturated carbocycles. The van der Waals surface area contributed by atoms with Crippen LogP contribution in [0.5, 0.6) is 0 Å². The van der Waals surface area contributed by atoms with Crippen molar-refractivity contribution < 1.29 is 0 Å². The van der Waals surface area contributed by atoms with Gasteiger partial charge in [-0.25, -0.2) is 9.97 Å². The molecule has 0 aromatic carbocycles. The van der Waals surface area contributed by atoms with E-state index in [1.54, 1.807) is 6.20 Å². The van der Waals surface area contributed by atoms with Crippen molar-refractivity contribution in [2.45, 2.75) is 18.9 Å². The van der Waals surface area contributed by atoms with Crippen LogP contribution in [0, 0.1) is 15.5 Å². The van der Waals surface area contributed by atoms with E-state index in [0.717, 1.165) is 21.4 Å². The second-order valence-electron chi connectivity index (χ2n) is 4.72. The zero-order chi connectivity index (χ0) is 11.0. The molecule has 0 amide bonds. The van der Waals surface area contributed by atoms with E-state index >= 15 is 0 Å². The molecule has 0 bridgehead atoms. The minimum atomic E-state index is 0.589. The average Bonchev–Trinajstić information content (AvgIpc) is 2.81. The molecule has 4 nitrogen and oxygen atoms in total. The molecule has 86 valence electrons. The van der Waals surface area contributed by atoms with Crippen LogP contribution in [0.3, 0.4) is 0 Å². The molecule has 1 aliphatic heterocycles. The third-order valence-corrected chi connectivity index (χ3v) is 4.18. The third kappa shape index (κ3) is 2.15. The molecular weight excluding hydrogens is 315 g/mol. The van der Waals surface area contributed by atoms with Crippen molar-refractivity contribution >= 4 is 28.4 Å². The maximum absolute atomic E-state index is 4.34. The summed E-state index contributed by atoms with van der Waals surface area (Å²) in [7, 11) is 0. The standard InChI is InChI=1S/C11H15IN4/c12-10-5-15-11(6-14-10)16-9-1-7-3-13-4-8(7)2-9/h5-9,13H,1-4H2,(H,15,16)/t7-,8?,9+/m1/s1. The maximum Gasteiger partial charge on any atom is 0.144 e. The molecule has 3 rings (SSSR count). The molecule has 2 heterocycles. The van der Waals surface area contributed by atoms with Gasteiger partial charge < -0.3 is 10.6 Å². The second kappa shape index (κ2) is 4.44. The SMILES string of the molecule is Ic1cnc(N[C@@H]2CC3CNC[C@H]3C2)cn1. The molecule has 3 atom stereocenters. The monoisotopic (exact) mass is 330 g/mol. The number of halogens is 1. The lowest BCUT2D eigenvalue weighted by molar-refractivity contribution is 0.494. The normalized spacial score (nSPS) is 32.7. The smallest absolute Gasteiger partial charge is 0.144 e. The number of nitrogens with one attached hydrogen (secondary N) is 2. The topological polar surface area (TPSA) is 49.8 Å². The molecule has 0 radical (unpaired) electrons. The molecule has 1 aliphatic carbocycles. The van der Waals surface area contributed by atoms with Crippen LogP contribution in [0.4, 0.5) is 5.82 Å². The molecule has 0 spiro atoms. The zero-order valence-corrected chi connectivity index (χ0v) is 11.1. The first-order valence-corrected chi connectivity index (χ1v) is 6.84. The van der Waals surface area contributed by atoms with Gasteiger partial charge >= 0.3 is 0 Å². The van der Waals surface area contributed by atoms with E-state index in [1.165, 1.54) is 25.9 Å². The Balaban J connectivity index is 1.62. The molecule has 1 aromatic rings. The third-order valence-electron chi connectivity index (χ3n) is 3.63. The lowest BCUT2D eigenvalue weighted by Crippen LogP contribution is -2.21. The summed E-state index contributed by atoms with van der Waals surface area (Å²) in [4.78, 5) is 8.58. The van der Waals surface area contributed by atoms with Crippen molar-refractivity contribution in [2.24, 2.45) is 11.8 Å². The quantitative estimate of drug-likeness (QED) is 0.807. The van der Waals surface area contributed by atoms with Gasteiger partial charge in [0, 0.05) is 6.04 Å². The Labute approximate surface area is 109 Å². The molecule has 1 saturated heterocycles. The summed E-state index contributed by atoms with van der Waals surface area (Å²) in [6, 6.07) is 0.589. The highest BCUT2D eigenvalue weighted by Gasteiger charge is 2.37. The summed E-state index contributed by atoms with van der Waals surface area (Å²) in [5, 5.41) is 6.95. The van der Waals surface area contributed by atoms with E-state index in [2.05, 4.69) is 43.2 Å². The minimum absolute atomic E-state index is 0.589. The van der Waals surface area contributed by atoms with Gasteiger partial charge in [-0.05, 0) is 60.4 Å². The summed E-state index contributed by atoms with van der Waals surface area (Å²) in [6.07, 6.45) is 6.17. The van der Waals surface area contributed by atoms with Crippen LogP contribution in [-0.4, -0.2) is 29.1 Å². The lowest BCUT2D eigenvalue weighted by Gasteiger charge is -2.13. The van der Waals surface area contributed by atoms with Crippen LogP contribution in [0.25, 0.3) is 0 Å². The Bertz CT molecular complexity index is 355. The van der Waals surface area contributed by atoms with Crippen LogP contribution in [0.2, 0.25) is 0 Å². The summed E-state index contributed by atoms with van der Waals surface area (Å²) >= 11 is 2.17. The largest absolute Gasteiger partial charge is 0.366 e. The number of aromatic nitrogens is 2. The van der Waals surface area contributed by atoms with Crippen molar-refractivity contribution in [3.8, 4) is 0 Å². The van der Waals surface area contributed by atoms with E-state index in [4.69, 9.17) is 0 Å². The Morgan fingerprint density at radius 3 is 2.56 bits per heavy atom. The predicted octanol–water partition coefficient (Wildman–Crippen LogP) is 1.49. The summed E-state index contributed by atoms with van der Waals surface area (Å²) in [6.45, 7) is 2.39. The molecule has 2 fully saturated rings. The van der Waals surface area contributed by atoms with Crippen molar-refractivity contribution in [3.63, 3.8) is 0 Å². The first-order valence-electron chi connectivity index (χ1n) is 5.76. The predicted molar refractivity (Wildman–Crippen MR) is 71.2 cm³/mol. The number of hydrogen-bond acceptors (Lipinski definition) is 4. The van der Waals surface area contributed by atoms with Crippen LogP contribution in [0.1, 0.15) is 12.8 Å². The molecule has 16 heavy (non-hydrogen) atoms. The van der Waals surface area contributed by atoms with Gasteiger partial charge in [-0.15, -0.1) is 0 Å². The van der Waals surface area contributed by atoms with Gasteiger partial charge in [0.1, 0.15) is 9.52 Å². The summed E-state index contributed by atoms with van der Waals surface area (Å²) in [5.41, 5.74) is 0. The lowest BCUT2D eigenvalue weighted by atomic mass is 10.0. The van der Waals surface area contributed by atoms with Crippen molar-refractivity contribution in [3.05, 3.63) is 16.1 Å². The molecular formula is C11H15IN4. The zero-order valence-electron chi connectivity index (χ0n) is 8.99. The van der Waals surface area contributed by atoms with Gasteiger partial charge in [0.2, 0.25) is 0 Å². The second-order valence-corrected chi connectivity index (χ2v) is 5.82. The maximum atomic E-state index is 4.34. The molecule has 1 unspecified atom stereocenters. The number of nitrogens with zero attached hydrogens (tertiary/aromatic N) is 2. The van der Waals surface area contributed by atoms with E-state index in [0.29, 0.717) is 6.04 Å². The highest BCUT2D eigenvalue weighted by Crippen LogP contribution is 2.35. The first-order chi connectivity index (χ1) is 7.81. The number of rotatable bonds is 2. The summed E-state index contributed by atoms with van der Waals surface area (Å²) < 4.78 is 0.940. The Morgan fingerprint density at radius 1 is 1.19 bits per heavy atom. The van der Waals surface area contributed by atoms with Crippen molar-refractivity contribution in [1.29, 1.82) is 0 Å². The van der Waals surface area contributed by atoms with Crippen LogP contribution in [0.15, 0.2) is 12.4 Å². The number of hydrogen-bond donors (Lipinski definition) is 2. The molecule has 1 aromatic heterocycles. The van der Waals surface area contributed by atoms with Crippen LogP contribution < -0.4 is 10.6 Å². The van der Waals surface area contributed by atoms with Crippen LogP contribution in [-0.2, 0) is 0 Å². The van der Waals surface area contributed by atoms with E-state index in [1.807, 2.05) is 6.20 Å². The fourth-order valence-electron chi connectivity index (χ4n) is 2.88. The van der Waals surface area contributed by atoms with Gasteiger partial charge in [-0.1, -0.05) is 0 Å². The highest BCUT2D eigenvalue weighted by molar-refractivity contribution is 14.1. The van der Waals surface area contributed by atoms with Gasteiger partial charge in [-0.3, -0.25) is 0 Å². The molecule has 2 aliphatic rings. The van der Waals surface area contributed by atoms with Gasteiger partial charge in [0.15, 0.2) is 0 Å². The fraction of sp³-hybridized carbons (Fsp3) is 0.636. The van der Waals surface area contributed by atoms with Gasteiger partial charge in [0.25, 0.3) is 0 Å². The van der Waals surface area contributed by atoms with Gasteiger partial charge in [-0.2, -0.15) is 0 Å². The minimum Gasteiger partial charge on any atom is -0.366 e. The highest BCUT2D eigenvalue weighted by atomic mass is 127. The van der Waals surface area contributed by atoms with E-state index < -0.39 is 0 Å². The van der Waals surface area contributed by atoms with E-state index in [-0.39, 0.29) is 0 Å². The van der Waals surface area contributed by atoms with Gasteiger partial charge in [0.05, 0.1) is 12.4 Å². The molecule has 2 N–H and O–H groups in total. The van der Waals surface area contributed by atoms with E-state index in [9.17, 15) is 0 Å². The average molecular weight is 330 g/mol. The van der Waals surface area contributed by atoms with Crippen molar-refractivity contribution in [2.75, 3.05) is 18.4 Å². The first kappa shape index (κ1) is 10.7. The van der Waals surface area contributed by atoms with Crippen molar-refractivity contribution in [1.82, 2.24) is 15.3 Å². The number of anilines is 1. The number of fused-ring (bicyclic) bond motifs is 1. The van der Waals surface area contributed by atoms with Crippen LogP contribution >= 0.6 is 22.6 Å². The Kier molecular flexibility index (Phi) is 2.97. The Morgan fingerprint density at radius 2 is 1.94 bits per heavy atom. The summed E-state index contributed by atoms with van der Waals surface area (Å²) in [5.74, 6) is 2.65. The Hall–Kier alpha value is -0.430. The fourth-order valence-corrected chi connectivity index (χ4v) is 3.16.